The van der Waals surface area contributed by atoms with Gasteiger partial charge in [-0.2, -0.15) is 18.0 Å². The molecule has 4 fully saturated rings. The number of benzene rings is 3. The maximum Gasteiger partial charge on any atom is 0.301 e. The van der Waals surface area contributed by atoms with Crippen molar-refractivity contribution < 1.29 is 36.3 Å². The summed E-state index contributed by atoms with van der Waals surface area (Å²) in [7, 11) is -4.25. The first-order valence-corrected chi connectivity index (χ1v) is 24.1. The number of piperidine rings is 2. The van der Waals surface area contributed by atoms with E-state index in [-0.39, 0.29) is 54.6 Å². The molecule has 0 bridgehead atoms. The van der Waals surface area contributed by atoms with E-state index < -0.39 is 51.0 Å². The van der Waals surface area contributed by atoms with E-state index in [1.807, 2.05) is 18.2 Å². The number of aromatic nitrogens is 3. The highest BCUT2D eigenvalue weighted by molar-refractivity contribution is 7.90. The second kappa shape index (κ2) is 18.2. The first kappa shape index (κ1) is 44.8. The molecule has 352 valence electrons. The summed E-state index contributed by atoms with van der Waals surface area (Å²) in [5.74, 6) is -1.05. The van der Waals surface area contributed by atoms with Gasteiger partial charge in [-0.15, -0.1) is 0 Å². The number of alkyl halides is 1. The minimum atomic E-state index is -4.25. The fourth-order valence-electron chi connectivity index (χ4n) is 9.79. The Morgan fingerprint density at radius 2 is 1.66 bits per heavy atom. The molecule has 0 saturated carbocycles. The fraction of sp³-hybridized carbons (Fsp3) is 0.383. The van der Waals surface area contributed by atoms with E-state index >= 15 is 4.39 Å². The van der Waals surface area contributed by atoms with Crippen molar-refractivity contribution in [2.45, 2.75) is 50.9 Å². The summed E-state index contributed by atoms with van der Waals surface area (Å²) in [5, 5.41) is 12.5. The Labute approximate surface area is 389 Å². The van der Waals surface area contributed by atoms with Crippen molar-refractivity contribution in [3.8, 4) is 23.3 Å². The second-order valence-corrected chi connectivity index (χ2v) is 19.5. The molecule has 4 saturated heterocycles. The van der Waals surface area contributed by atoms with Crippen molar-refractivity contribution in [2.24, 2.45) is 5.92 Å². The Kier molecular flexibility index (Phi) is 12.0. The first-order valence-electron chi connectivity index (χ1n) is 22.6. The smallest absolute Gasteiger partial charge is 0.301 e. The fourth-order valence-corrected chi connectivity index (χ4v) is 11.1. The largest absolute Gasteiger partial charge is 0.453 e. The van der Waals surface area contributed by atoms with E-state index in [1.54, 1.807) is 23.2 Å². The van der Waals surface area contributed by atoms with Crippen LogP contribution in [0.15, 0.2) is 78.0 Å². The van der Waals surface area contributed by atoms with Crippen molar-refractivity contribution in [3.63, 3.8) is 0 Å². The van der Waals surface area contributed by atoms with E-state index in [9.17, 15) is 37.2 Å². The molecule has 3 aromatic carbocycles. The Hall–Kier alpha value is -7.02. The number of carbonyl (C=O) groups is 3. The average Bonchev–Trinajstić information content (AvgIpc) is 3.93. The van der Waals surface area contributed by atoms with Crippen LogP contribution in [0.2, 0.25) is 0 Å². The number of nitriles is 1. The molecule has 10 rings (SSSR count). The maximum absolute atomic E-state index is 15.2. The van der Waals surface area contributed by atoms with Crippen LogP contribution in [0, 0.1) is 23.1 Å². The number of piperazine rings is 1. The zero-order valence-electron chi connectivity index (χ0n) is 36.8. The van der Waals surface area contributed by atoms with Crippen LogP contribution in [0.3, 0.4) is 0 Å². The second-order valence-electron chi connectivity index (χ2n) is 17.8. The standard InChI is InChI=1S/C47H47F2N11O7S/c48-31-13-16-58(27-31)68(65,66)54-40-7-5-38(49)44(37(40)23-50)67-34-3-6-39-36(22-34)47(64)60(28-52-39)33-2-9-42(51-24-33)57-19-17-55(18-20-57)25-29-11-14-56(15-12-29)32-1-4-35-30(21-32)26-59(46(35)63)41-8-10-43(61)53-45(41)62/h1-7,9,21-22,24,28-29,31,41,54H,8,10-20,25-27H2,(H,53,61,62). The highest BCUT2D eigenvalue weighted by atomic mass is 32.2. The monoisotopic (exact) mass is 947 g/mol. The zero-order valence-corrected chi connectivity index (χ0v) is 37.6. The number of rotatable bonds is 11. The average molecular weight is 948 g/mol. The van der Waals surface area contributed by atoms with Crippen LogP contribution >= 0.6 is 0 Å². The van der Waals surface area contributed by atoms with Crippen LogP contribution in [-0.4, -0.2) is 126 Å². The topological polar surface area (TPSA) is 206 Å². The highest BCUT2D eigenvalue weighted by Crippen LogP contribution is 2.36. The van der Waals surface area contributed by atoms with Gasteiger partial charge >= 0.3 is 10.2 Å². The molecular formula is C47H47F2N11O7S. The molecule has 3 amide bonds. The molecule has 2 unspecified atom stereocenters. The Morgan fingerprint density at radius 1 is 0.868 bits per heavy atom. The number of nitrogens with one attached hydrogen (secondary N) is 2. The number of anilines is 3. The number of ether oxygens (including phenoxy) is 1. The number of halogens is 2. The van der Waals surface area contributed by atoms with Gasteiger partial charge in [-0.1, -0.05) is 0 Å². The normalized spacial score (nSPS) is 20.7. The molecule has 21 heteroatoms. The van der Waals surface area contributed by atoms with Gasteiger partial charge < -0.3 is 19.4 Å². The molecule has 68 heavy (non-hydrogen) atoms. The number of nitrogens with zero attached hydrogens (tertiary/aromatic N) is 9. The van der Waals surface area contributed by atoms with Crippen LogP contribution in [0.25, 0.3) is 16.6 Å². The summed E-state index contributed by atoms with van der Waals surface area (Å²) in [6.45, 7) is 6.13. The summed E-state index contributed by atoms with van der Waals surface area (Å²) < 4.78 is 65.1. The summed E-state index contributed by atoms with van der Waals surface area (Å²) in [6.07, 6.45) is 4.38. The molecule has 5 aliphatic heterocycles. The lowest BCUT2D eigenvalue weighted by molar-refractivity contribution is -0.136. The van der Waals surface area contributed by atoms with Gasteiger partial charge in [-0.3, -0.25) is 38.7 Å². The molecule has 5 aliphatic rings. The van der Waals surface area contributed by atoms with Gasteiger partial charge in [-0.25, -0.2) is 18.7 Å². The number of imide groups is 1. The minimum Gasteiger partial charge on any atom is -0.453 e. The molecule has 7 heterocycles. The number of carbonyl (C=O) groups excluding carboxylic acids is 3. The van der Waals surface area contributed by atoms with Gasteiger partial charge in [-0.05, 0) is 97.8 Å². The summed E-state index contributed by atoms with van der Waals surface area (Å²) in [6, 6.07) is 17.1. The molecular weight excluding hydrogens is 901 g/mol. The van der Waals surface area contributed by atoms with E-state index in [0.29, 0.717) is 35.7 Å². The van der Waals surface area contributed by atoms with E-state index in [4.69, 9.17) is 9.72 Å². The summed E-state index contributed by atoms with van der Waals surface area (Å²) >= 11 is 0. The van der Waals surface area contributed by atoms with Crippen molar-refractivity contribution in [1.29, 1.82) is 5.26 Å². The number of amides is 3. The quantitative estimate of drug-likeness (QED) is 0.179. The van der Waals surface area contributed by atoms with Crippen molar-refractivity contribution in [3.05, 3.63) is 106 Å². The minimum absolute atomic E-state index is 0.000128. The Balaban J connectivity index is 0.733. The number of fused-ring (bicyclic) bond motifs is 2. The van der Waals surface area contributed by atoms with E-state index in [2.05, 4.69) is 35.8 Å². The van der Waals surface area contributed by atoms with Crippen LogP contribution in [-0.2, 0) is 26.3 Å². The predicted molar refractivity (Wildman–Crippen MR) is 246 cm³/mol. The molecule has 2 atom stereocenters. The molecule has 5 aromatic rings. The molecule has 2 aromatic heterocycles. The van der Waals surface area contributed by atoms with Crippen LogP contribution in [0.4, 0.5) is 26.0 Å². The van der Waals surface area contributed by atoms with Gasteiger partial charge in [0, 0.05) is 83.1 Å². The van der Waals surface area contributed by atoms with Crippen LogP contribution in [0.5, 0.6) is 11.5 Å². The molecule has 2 N–H and O–H groups in total. The van der Waals surface area contributed by atoms with Gasteiger partial charge in [0.1, 0.15) is 41.7 Å². The van der Waals surface area contributed by atoms with E-state index in [1.165, 1.54) is 29.1 Å². The number of hydrogen-bond donors (Lipinski definition) is 2. The maximum atomic E-state index is 15.2. The molecule has 18 nitrogen and oxygen atoms in total. The lowest BCUT2D eigenvalue weighted by atomic mass is 9.95. The third kappa shape index (κ3) is 8.81. The summed E-state index contributed by atoms with van der Waals surface area (Å²) in [4.78, 5) is 68.9. The third-order valence-corrected chi connectivity index (χ3v) is 15.0. The first-order chi connectivity index (χ1) is 32.8. The highest BCUT2D eigenvalue weighted by Gasteiger charge is 2.39. The summed E-state index contributed by atoms with van der Waals surface area (Å²) in [5.41, 5.74) is 2.28. The Morgan fingerprint density at radius 3 is 2.38 bits per heavy atom. The van der Waals surface area contributed by atoms with Gasteiger partial charge in [0.05, 0.1) is 28.5 Å². The molecule has 0 spiro atoms. The van der Waals surface area contributed by atoms with Crippen LogP contribution < -0.4 is 30.1 Å². The van der Waals surface area contributed by atoms with E-state index in [0.717, 1.165) is 92.2 Å². The van der Waals surface area contributed by atoms with Crippen molar-refractivity contribution in [1.82, 2.24) is 34.0 Å². The Bertz CT molecular complexity index is 3040. The third-order valence-electron chi connectivity index (χ3n) is 13.6. The van der Waals surface area contributed by atoms with Gasteiger partial charge in [0.25, 0.3) is 11.5 Å². The van der Waals surface area contributed by atoms with Gasteiger partial charge in [0.15, 0.2) is 11.6 Å². The zero-order chi connectivity index (χ0) is 47.3. The lowest BCUT2D eigenvalue weighted by Gasteiger charge is -2.39. The van der Waals surface area contributed by atoms with Gasteiger partial charge in [0.2, 0.25) is 11.8 Å². The van der Waals surface area contributed by atoms with Crippen molar-refractivity contribution in [2.75, 3.05) is 73.4 Å². The van der Waals surface area contributed by atoms with Crippen LogP contribution in [0.1, 0.15) is 53.6 Å². The van der Waals surface area contributed by atoms with Crippen molar-refractivity contribution >= 4 is 56.0 Å². The number of pyridine rings is 1. The predicted octanol–water partition coefficient (Wildman–Crippen LogP) is 4.08. The number of hydrogen-bond acceptors (Lipinski definition) is 13. The molecule has 0 radical (unpaired) electrons. The lowest BCUT2D eigenvalue weighted by Crippen LogP contribution is -2.52. The molecule has 0 aliphatic carbocycles. The SMILES string of the molecule is N#Cc1c(NS(=O)(=O)N2CCC(F)C2)ccc(F)c1Oc1ccc2ncn(-c3ccc(N4CCN(CC5CCN(c6ccc7c(c6)CN(C6CCC(=O)NC6=O)C7=O)CC5)CC4)nc3)c(=O)c2c1.